The van der Waals surface area contributed by atoms with Crippen LogP contribution in [-0.2, 0) is 0 Å². The minimum absolute atomic E-state index is 0.00174. The Morgan fingerprint density at radius 3 is 2.58 bits per heavy atom. The maximum Gasteiger partial charge on any atom is 0.258 e. The van der Waals surface area contributed by atoms with Gasteiger partial charge in [0.2, 0.25) is 0 Å². The molecular weight excluding hydrogens is 382 g/mol. The zero-order valence-electron chi connectivity index (χ0n) is 12.7. The number of hydrogen-bond donors (Lipinski definition) is 2. The molecular formula is C16H15BrF2N4O. The summed E-state index contributed by atoms with van der Waals surface area (Å²) < 4.78 is 26.6. The molecule has 1 aromatic heterocycles. The van der Waals surface area contributed by atoms with E-state index in [1.807, 2.05) is 6.07 Å². The van der Waals surface area contributed by atoms with E-state index in [9.17, 15) is 13.6 Å². The lowest BCUT2D eigenvalue weighted by Crippen LogP contribution is -2.43. The lowest BCUT2D eigenvalue weighted by molar-refractivity contribution is 0.102. The topological polar surface area (TPSA) is 57.3 Å². The summed E-state index contributed by atoms with van der Waals surface area (Å²) in [4.78, 5) is 18.6. The number of nitrogens with one attached hydrogen (secondary N) is 2. The second-order valence-corrected chi connectivity index (χ2v) is 6.19. The van der Waals surface area contributed by atoms with Crippen LogP contribution in [-0.4, -0.2) is 37.1 Å². The molecule has 1 amide bonds. The van der Waals surface area contributed by atoms with Crippen LogP contribution in [0.5, 0.6) is 0 Å². The van der Waals surface area contributed by atoms with Crippen molar-refractivity contribution >= 4 is 33.3 Å². The first-order chi connectivity index (χ1) is 11.5. The van der Waals surface area contributed by atoms with E-state index in [-0.39, 0.29) is 10.0 Å². The van der Waals surface area contributed by atoms with Crippen LogP contribution in [0.3, 0.4) is 0 Å². The van der Waals surface area contributed by atoms with Gasteiger partial charge >= 0.3 is 0 Å². The summed E-state index contributed by atoms with van der Waals surface area (Å²) in [6, 6.07) is 5.33. The molecule has 0 unspecified atom stereocenters. The van der Waals surface area contributed by atoms with Gasteiger partial charge in [-0.15, -0.1) is 0 Å². The van der Waals surface area contributed by atoms with Crippen molar-refractivity contribution in [1.82, 2.24) is 10.3 Å². The number of aromatic nitrogens is 1. The molecule has 3 rings (SSSR count). The lowest BCUT2D eigenvalue weighted by atomic mass is 10.2. The first-order valence-electron chi connectivity index (χ1n) is 7.42. The number of halogens is 3. The Morgan fingerprint density at radius 1 is 1.21 bits per heavy atom. The number of carbonyl (C=O) groups excluding carboxylic acids is 1. The Hall–Kier alpha value is -2.06. The number of hydrogen-bond acceptors (Lipinski definition) is 4. The van der Waals surface area contributed by atoms with Crippen LogP contribution >= 0.6 is 15.9 Å². The number of piperazine rings is 1. The second-order valence-electron chi connectivity index (χ2n) is 5.34. The molecule has 1 saturated heterocycles. The van der Waals surface area contributed by atoms with Crippen molar-refractivity contribution < 1.29 is 13.6 Å². The quantitative estimate of drug-likeness (QED) is 0.783. The monoisotopic (exact) mass is 396 g/mol. The predicted molar refractivity (Wildman–Crippen MR) is 91.3 cm³/mol. The number of carbonyl (C=O) groups is 1. The van der Waals surface area contributed by atoms with Gasteiger partial charge in [-0.3, -0.25) is 4.79 Å². The van der Waals surface area contributed by atoms with E-state index in [1.165, 1.54) is 0 Å². The third-order valence-corrected chi connectivity index (χ3v) is 4.38. The highest BCUT2D eigenvalue weighted by Crippen LogP contribution is 2.22. The highest BCUT2D eigenvalue weighted by molar-refractivity contribution is 9.10. The van der Waals surface area contributed by atoms with E-state index in [0.29, 0.717) is 5.82 Å². The van der Waals surface area contributed by atoms with Gasteiger partial charge in [-0.05, 0) is 40.2 Å². The average Bonchev–Trinajstić information content (AvgIpc) is 2.59. The van der Waals surface area contributed by atoms with Crippen molar-refractivity contribution in [3.05, 3.63) is 52.1 Å². The molecule has 126 valence electrons. The third-order valence-electron chi connectivity index (χ3n) is 3.73. The van der Waals surface area contributed by atoms with Crippen molar-refractivity contribution in [3.63, 3.8) is 0 Å². The molecule has 0 saturated carbocycles. The Balaban J connectivity index is 1.71. The maximum absolute atomic E-state index is 13.3. The van der Waals surface area contributed by atoms with E-state index >= 15 is 0 Å². The SMILES string of the molecule is O=C(Nc1ccc(N2CCNCC2)cn1)c1cc(F)c(F)cc1Br. The fraction of sp³-hybridized carbons (Fsp3) is 0.250. The van der Waals surface area contributed by atoms with Gasteiger partial charge in [0, 0.05) is 30.7 Å². The van der Waals surface area contributed by atoms with Crippen LogP contribution in [0, 0.1) is 11.6 Å². The molecule has 0 spiro atoms. The lowest BCUT2D eigenvalue weighted by Gasteiger charge is -2.29. The van der Waals surface area contributed by atoms with E-state index in [0.717, 1.165) is 44.0 Å². The molecule has 8 heteroatoms. The highest BCUT2D eigenvalue weighted by atomic mass is 79.9. The summed E-state index contributed by atoms with van der Waals surface area (Å²) in [5, 5.41) is 5.85. The number of amides is 1. The Morgan fingerprint density at radius 2 is 1.92 bits per heavy atom. The van der Waals surface area contributed by atoms with Gasteiger partial charge in [-0.2, -0.15) is 0 Å². The predicted octanol–water partition coefficient (Wildman–Crippen LogP) is 2.78. The van der Waals surface area contributed by atoms with E-state index in [1.54, 1.807) is 12.3 Å². The van der Waals surface area contributed by atoms with Gasteiger partial charge in [0.15, 0.2) is 11.6 Å². The summed E-state index contributed by atoms with van der Waals surface area (Å²) in [6.45, 7) is 3.63. The first-order valence-corrected chi connectivity index (χ1v) is 8.21. The van der Waals surface area contributed by atoms with Crippen LogP contribution in [0.2, 0.25) is 0 Å². The Labute approximate surface area is 146 Å². The molecule has 0 aliphatic carbocycles. The summed E-state index contributed by atoms with van der Waals surface area (Å²) in [6.07, 6.45) is 1.68. The van der Waals surface area contributed by atoms with Crippen LogP contribution in [0.1, 0.15) is 10.4 Å². The summed E-state index contributed by atoms with van der Waals surface area (Å²) in [5.74, 6) is -2.32. The summed E-state index contributed by atoms with van der Waals surface area (Å²) >= 11 is 3.06. The number of anilines is 2. The zero-order valence-corrected chi connectivity index (χ0v) is 14.2. The van der Waals surface area contributed by atoms with Crippen molar-refractivity contribution in [1.29, 1.82) is 0 Å². The number of rotatable bonds is 3. The van der Waals surface area contributed by atoms with Crippen LogP contribution in [0.25, 0.3) is 0 Å². The molecule has 5 nitrogen and oxygen atoms in total. The van der Waals surface area contributed by atoms with Gasteiger partial charge in [-0.1, -0.05) is 0 Å². The van der Waals surface area contributed by atoms with Crippen molar-refractivity contribution in [3.8, 4) is 0 Å². The fourth-order valence-electron chi connectivity index (χ4n) is 2.45. The zero-order chi connectivity index (χ0) is 17.1. The minimum Gasteiger partial charge on any atom is -0.368 e. The van der Waals surface area contributed by atoms with E-state index in [4.69, 9.17) is 0 Å². The molecule has 1 aliphatic rings. The van der Waals surface area contributed by atoms with Crippen LogP contribution in [0.15, 0.2) is 34.9 Å². The molecule has 1 aliphatic heterocycles. The number of nitrogens with zero attached hydrogens (tertiary/aromatic N) is 2. The van der Waals surface area contributed by atoms with Gasteiger partial charge in [0.05, 0.1) is 17.4 Å². The standard InChI is InChI=1S/C16H15BrF2N4O/c17-12-8-14(19)13(18)7-11(12)16(24)22-15-2-1-10(9-21-15)23-5-3-20-4-6-23/h1-2,7-9,20H,3-6H2,(H,21,22,24). The number of benzene rings is 1. The molecule has 2 N–H and O–H groups in total. The molecule has 1 fully saturated rings. The van der Waals surface area contributed by atoms with E-state index in [2.05, 4.69) is 36.4 Å². The highest BCUT2D eigenvalue weighted by Gasteiger charge is 2.16. The first kappa shape index (κ1) is 16.8. The number of pyridine rings is 1. The van der Waals surface area contributed by atoms with E-state index < -0.39 is 17.5 Å². The normalized spacial score (nSPS) is 14.5. The van der Waals surface area contributed by atoms with Crippen molar-refractivity contribution in [2.75, 3.05) is 36.4 Å². The summed E-state index contributed by atoms with van der Waals surface area (Å²) in [5.41, 5.74) is 0.977. The molecule has 0 atom stereocenters. The average molecular weight is 397 g/mol. The van der Waals surface area contributed by atoms with Crippen molar-refractivity contribution in [2.24, 2.45) is 0 Å². The van der Waals surface area contributed by atoms with Crippen LogP contribution in [0.4, 0.5) is 20.3 Å². The van der Waals surface area contributed by atoms with Gasteiger partial charge in [0.25, 0.3) is 5.91 Å². The molecule has 2 heterocycles. The van der Waals surface area contributed by atoms with Gasteiger partial charge < -0.3 is 15.5 Å². The minimum atomic E-state index is -1.08. The second kappa shape index (κ2) is 7.23. The maximum atomic E-state index is 13.3. The third kappa shape index (κ3) is 3.70. The molecule has 0 bridgehead atoms. The largest absolute Gasteiger partial charge is 0.368 e. The molecule has 24 heavy (non-hydrogen) atoms. The summed E-state index contributed by atoms with van der Waals surface area (Å²) in [7, 11) is 0. The Kier molecular flexibility index (Phi) is 5.06. The molecule has 2 aromatic rings. The van der Waals surface area contributed by atoms with Crippen molar-refractivity contribution in [2.45, 2.75) is 0 Å². The smallest absolute Gasteiger partial charge is 0.258 e. The van der Waals surface area contributed by atoms with Gasteiger partial charge in [0.1, 0.15) is 5.82 Å². The molecule has 0 radical (unpaired) electrons. The fourth-order valence-corrected chi connectivity index (χ4v) is 2.95. The van der Waals surface area contributed by atoms with Crippen LogP contribution < -0.4 is 15.5 Å². The molecule has 1 aromatic carbocycles. The Bertz CT molecular complexity index is 748. The van der Waals surface area contributed by atoms with Gasteiger partial charge in [-0.25, -0.2) is 13.8 Å².